The zero-order valence-electron chi connectivity index (χ0n) is 19.3. The Hall–Kier alpha value is -4.29. The van der Waals surface area contributed by atoms with Gasteiger partial charge >= 0.3 is 0 Å². The van der Waals surface area contributed by atoms with Crippen molar-refractivity contribution in [3.05, 3.63) is 108 Å². The molecule has 5 aromatic rings. The summed E-state index contributed by atoms with van der Waals surface area (Å²) in [6.07, 6.45) is 0. The highest BCUT2D eigenvalue weighted by Gasteiger charge is 2.12. The van der Waals surface area contributed by atoms with Crippen LogP contribution in [-0.4, -0.2) is 16.0 Å². The summed E-state index contributed by atoms with van der Waals surface area (Å²) in [5.41, 5.74) is 8.01. The smallest absolute Gasteiger partial charge is 0.257 e. The van der Waals surface area contributed by atoms with Gasteiger partial charge in [0.15, 0.2) is 10.7 Å². The van der Waals surface area contributed by atoms with Gasteiger partial charge in [-0.15, -0.1) is 0 Å². The predicted octanol–water partition coefficient (Wildman–Crippen LogP) is 6.91. The molecule has 0 aliphatic carbocycles. The lowest BCUT2D eigenvalue weighted by molar-refractivity contribution is 0.0977. The monoisotopic (exact) mass is 477 g/mol. The van der Waals surface area contributed by atoms with Gasteiger partial charge in [0.2, 0.25) is 5.89 Å². The Morgan fingerprint density at radius 3 is 2.20 bits per heavy atom. The fourth-order valence-corrected chi connectivity index (χ4v) is 4.22. The zero-order chi connectivity index (χ0) is 24.4. The Bertz CT molecular complexity index is 1520. The molecule has 0 aliphatic heterocycles. The molecular weight excluding hydrogens is 454 g/mol. The number of aryl methyl sites for hydroxylation is 2. The molecule has 1 heterocycles. The van der Waals surface area contributed by atoms with Crippen LogP contribution in [0.1, 0.15) is 21.5 Å². The van der Waals surface area contributed by atoms with E-state index < -0.39 is 0 Å². The molecule has 1 aromatic heterocycles. The number of carbonyl (C=O) groups is 1. The number of nitrogens with zero attached hydrogens (tertiary/aromatic N) is 1. The van der Waals surface area contributed by atoms with Gasteiger partial charge in [0.25, 0.3) is 5.91 Å². The standard InChI is InChI=1S/C29H23N3O2S/c1-18-14-19(2)16-23(15-18)28-31-25-17-24(12-13-26(25)34-28)30-29(35)32-27(33)22-10-8-21(9-11-22)20-6-4-3-5-7-20/h3-17H,1-2H3,(H2,30,32,33,35). The lowest BCUT2D eigenvalue weighted by Crippen LogP contribution is -2.34. The van der Waals surface area contributed by atoms with Gasteiger partial charge in [0.1, 0.15) is 5.52 Å². The Kier molecular flexibility index (Phi) is 6.12. The summed E-state index contributed by atoms with van der Waals surface area (Å²) < 4.78 is 5.95. The maximum Gasteiger partial charge on any atom is 0.257 e. The molecule has 0 bridgehead atoms. The molecule has 0 fully saturated rings. The highest BCUT2D eigenvalue weighted by atomic mass is 32.1. The maximum absolute atomic E-state index is 12.7. The van der Waals surface area contributed by atoms with Crippen LogP contribution in [0.25, 0.3) is 33.7 Å². The van der Waals surface area contributed by atoms with E-state index in [0.29, 0.717) is 28.2 Å². The third kappa shape index (κ3) is 5.13. The van der Waals surface area contributed by atoms with Gasteiger partial charge < -0.3 is 9.73 Å². The van der Waals surface area contributed by atoms with Crippen molar-refractivity contribution in [2.45, 2.75) is 13.8 Å². The Balaban J connectivity index is 1.26. The lowest BCUT2D eigenvalue weighted by Gasteiger charge is -2.10. The molecule has 0 atom stereocenters. The van der Waals surface area contributed by atoms with Gasteiger partial charge in [-0.3, -0.25) is 10.1 Å². The summed E-state index contributed by atoms with van der Waals surface area (Å²) in [5, 5.41) is 6.00. The minimum Gasteiger partial charge on any atom is -0.436 e. The summed E-state index contributed by atoms with van der Waals surface area (Å²) >= 11 is 5.36. The molecule has 1 amide bonds. The minimum absolute atomic E-state index is 0.208. The van der Waals surface area contributed by atoms with Crippen LogP contribution in [-0.2, 0) is 0 Å². The number of carbonyl (C=O) groups excluding carboxylic acids is 1. The lowest BCUT2D eigenvalue weighted by atomic mass is 10.0. The predicted molar refractivity (Wildman–Crippen MR) is 144 cm³/mol. The van der Waals surface area contributed by atoms with Crippen LogP contribution in [0.3, 0.4) is 0 Å². The molecular formula is C29H23N3O2S. The van der Waals surface area contributed by atoms with Crippen molar-refractivity contribution in [1.29, 1.82) is 0 Å². The zero-order valence-corrected chi connectivity index (χ0v) is 20.1. The number of benzene rings is 4. The number of oxazole rings is 1. The topological polar surface area (TPSA) is 67.2 Å². The molecule has 2 N–H and O–H groups in total. The molecule has 5 nitrogen and oxygen atoms in total. The van der Waals surface area contributed by atoms with Crippen molar-refractivity contribution in [1.82, 2.24) is 10.3 Å². The van der Waals surface area contributed by atoms with E-state index in [2.05, 4.69) is 21.7 Å². The molecule has 172 valence electrons. The number of fused-ring (bicyclic) bond motifs is 1. The number of aromatic nitrogens is 1. The van der Waals surface area contributed by atoms with E-state index in [1.54, 1.807) is 12.1 Å². The van der Waals surface area contributed by atoms with Gasteiger partial charge in [-0.2, -0.15) is 0 Å². The van der Waals surface area contributed by atoms with Crippen LogP contribution >= 0.6 is 12.2 Å². The summed E-state index contributed by atoms with van der Waals surface area (Å²) in [7, 11) is 0. The Morgan fingerprint density at radius 1 is 0.800 bits per heavy atom. The quantitative estimate of drug-likeness (QED) is 0.276. The highest BCUT2D eigenvalue weighted by molar-refractivity contribution is 7.80. The number of hydrogen-bond acceptors (Lipinski definition) is 4. The second kappa shape index (κ2) is 9.52. The van der Waals surface area contributed by atoms with Gasteiger partial charge in [-0.05, 0) is 79.7 Å². The average molecular weight is 478 g/mol. The third-order valence-corrected chi connectivity index (χ3v) is 5.80. The van der Waals surface area contributed by atoms with Gasteiger partial charge in [0, 0.05) is 16.8 Å². The number of amides is 1. The molecule has 0 saturated heterocycles. The highest BCUT2D eigenvalue weighted by Crippen LogP contribution is 2.27. The van der Waals surface area contributed by atoms with Gasteiger partial charge in [0.05, 0.1) is 0 Å². The van der Waals surface area contributed by atoms with Crippen molar-refractivity contribution in [2.75, 3.05) is 5.32 Å². The summed E-state index contributed by atoms with van der Waals surface area (Å²) in [5.74, 6) is 0.292. The third-order valence-electron chi connectivity index (χ3n) is 5.60. The molecule has 0 radical (unpaired) electrons. The Labute approximate surface area is 208 Å². The second-order valence-corrected chi connectivity index (χ2v) is 8.84. The van der Waals surface area contributed by atoms with Crippen LogP contribution in [0.2, 0.25) is 0 Å². The van der Waals surface area contributed by atoms with E-state index in [0.717, 1.165) is 27.8 Å². The number of rotatable bonds is 4. The maximum atomic E-state index is 12.7. The van der Waals surface area contributed by atoms with Crippen molar-refractivity contribution in [3.8, 4) is 22.6 Å². The van der Waals surface area contributed by atoms with Crippen molar-refractivity contribution >= 4 is 40.0 Å². The van der Waals surface area contributed by atoms with Gasteiger partial charge in [-0.25, -0.2) is 4.98 Å². The first-order chi connectivity index (χ1) is 16.9. The van der Waals surface area contributed by atoms with Crippen molar-refractivity contribution in [2.24, 2.45) is 0 Å². The largest absolute Gasteiger partial charge is 0.436 e. The van der Waals surface area contributed by atoms with Crippen molar-refractivity contribution in [3.63, 3.8) is 0 Å². The van der Waals surface area contributed by atoms with E-state index >= 15 is 0 Å². The SMILES string of the molecule is Cc1cc(C)cc(-c2nc3cc(NC(=S)NC(=O)c4ccc(-c5ccccc5)cc4)ccc3o2)c1. The van der Waals surface area contributed by atoms with E-state index in [1.165, 1.54) is 0 Å². The summed E-state index contributed by atoms with van der Waals surface area (Å²) in [6, 6.07) is 29.2. The van der Waals surface area contributed by atoms with Crippen molar-refractivity contribution < 1.29 is 9.21 Å². The number of hydrogen-bond donors (Lipinski definition) is 2. The fraction of sp³-hybridized carbons (Fsp3) is 0.0690. The number of anilines is 1. The van der Waals surface area contributed by atoms with E-state index in [-0.39, 0.29) is 11.0 Å². The van der Waals surface area contributed by atoms with Crippen LogP contribution in [0.15, 0.2) is 95.4 Å². The molecule has 4 aromatic carbocycles. The minimum atomic E-state index is -0.276. The second-order valence-electron chi connectivity index (χ2n) is 8.43. The molecule has 35 heavy (non-hydrogen) atoms. The first kappa shape index (κ1) is 22.5. The van der Waals surface area contributed by atoms with E-state index in [1.807, 2.05) is 86.6 Å². The molecule has 5 rings (SSSR count). The molecule has 0 spiro atoms. The number of nitrogens with one attached hydrogen (secondary N) is 2. The summed E-state index contributed by atoms with van der Waals surface area (Å²) in [4.78, 5) is 17.3. The summed E-state index contributed by atoms with van der Waals surface area (Å²) in [6.45, 7) is 4.10. The van der Waals surface area contributed by atoms with Crippen LogP contribution in [0.4, 0.5) is 5.69 Å². The van der Waals surface area contributed by atoms with Gasteiger partial charge in [-0.1, -0.05) is 59.7 Å². The average Bonchev–Trinajstić information content (AvgIpc) is 3.28. The first-order valence-electron chi connectivity index (χ1n) is 11.2. The van der Waals surface area contributed by atoms with E-state index in [4.69, 9.17) is 16.6 Å². The first-order valence-corrected chi connectivity index (χ1v) is 11.6. The Morgan fingerprint density at radius 2 is 1.49 bits per heavy atom. The molecule has 6 heteroatoms. The van der Waals surface area contributed by atoms with Crippen LogP contribution in [0.5, 0.6) is 0 Å². The normalized spacial score (nSPS) is 10.8. The molecule has 0 aliphatic rings. The fourth-order valence-electron chi connectivity index (χ4n) is 4.01. The molecule has 0 saturated carbocycles. The van der Waals surface area contributed by atoms with E-state index in [9.17, 15) is 4.79 Å². The number of thiocarbonyl (C=S) groups is 1. The molecule has 0 unspecified atom stereocenters. The van der Waals surface area contributed by atoms with Crippen LogP contribution in [0, 0.1) is 13.8 Å². The van der Waals surface area contributed by atoms with Crippen LogP contribution < -0.4 is 10.6 Å².